The molecule has 8 nitrogen and oxygen atoms in total. The lowest BCUT2D eigenvalue weighted by Crippen LogP contribution is -2.04. The van der Waals surface area contributed by atoms with E-state index in [1.165, 1.54) is 0 Å². The van der Waals surface area contributed by atoms with Crippen LogP contribution in [0.3, 0.4) is 0 Å². The predicted molar refractivity (Wildman–Crippen MR) is 291 cm³/mol. The summed E-state index contributed by atoms with van der Waals surface area (Å²) in [6, 6.07) is 80.4. The zero-order valence-corrected chi connectivity index (χ0v) is 39.2. The maximum atomic E-state index is 11.4. The van der Waals surface area contributed by atoms with Crippen molar-refractivity contribution >= 4 is 43.6 Å². The second-order valence-corrected chi connectivity index (χ2v) is 17.9. The molecular weight excluding hydrogens is 905 g/mol. The number of rotatable bonds is 7. The van der Waals surface area contributed by atoms with Crippen molar-refractivity contribution in [1.82, 2.24) is 9.13 Å². The molecule has 0 aliphatic carbocycles. The van der Waals surface area contributed by atoms with Crippen LogP contribution in [-0.4, -0.2) is 9.13 Å². The van der Waals surface area contributed by atoms with Crippen molar-refractivity contribution in [2.24, 2.45) is 0 Å². The van der Waals surface area contributed by atoms with Gasteiger partial charge in [-0.3, -0.25) is 0 Å². The second kappa shape index (κ2) is 17.9. The maximum Gasteiger partial charge on any atom is 0.101 e. The van der Waals surface area contributed by atoms with E-state index in [0.717, 1.165) is 99.2 Å². The lowest BCUT2D eigenvalue weighted by molar-refractivity contribution is 1.14. The van der Waals surface area contributed by atoms with Gasteiger partial charge < -0.3 is 9.13 Å². The maximum absolute atomic E-state index is 11.4. The van der Waals surface area contributed by atoms with Crippen molar-refractivity contribution in [2.45, 2.75) is 0 Å². The minimum Gasteiger partial charge on any atom is -0.309 e. The van der Waals surface area contributed by atoms with E-state index < -0.39 is 0 Å². The van der Waals surface area contributed by atoms with Crippen molar-refractivity contribution < 1.29 is 0 Å². The van der Waals surface area contributed by atoms with Crippen molar-refractivity contribution in [1.29, 1.82) is 31.6 Å². The van der Waals surface area contributed by atoms with Crippen LogP contribution >= 0.6 is 0 Å². The highest BCUT2D eigenvalue weighted by Gasteiger charge is 2.24. The molecule has 0 bridgehead atoms. The quantitative estimate of drug-likeness (QED) is 0.155. The molecule has 74 heavy (non-hydrogen) atoms. The van der Waals surface area contributed by atoms with E-state index in [2.05, 4.69) is 69.8 Å². The van der Waals surface area contributed by atoms with Gasteiger partial charge in [0.1, 0.15) is 6.07 Å². The third-order valence-corrected chi connectivity index (χ3v) is 14.0. The Hall–Kier alpha value is -11.3. The molecular formula is C66H34N8. The molecule has 12 aromatic rings. The molecule has 0 saturated carbocycles. The zero-order valence-electron chi connectivity index (χ0n) is 39.2. The molecule has 0 spiro atoms. The summed E-state index contributed by atoms with van der Waals surface area (Å²) in [4.78, 5) is 0. The molecule has 0 aliphatic rings. The lowest BCUT2D eigenvalue weighted by atomic mass is 9.96. The van der Waals surface area contributed by atoms with Crippen LogP contribution in [0.15, 0.2) is 206 Å². The van der Waals surface area contributed by atoms with Gasteiger partial charge in [0.2, 0.25) is 0 Å². The van der Waals surface area contributed by atoms with Crippen LogP contribution in [0.1, 0.15) is 33.4 Å². The van der Waals surface area contributed by atoms with E-state index >= 15 is 0 Å². The molecule has 0 saturated heterocycles. The van der Waals surface area contributed by atoms with E-state index in [-0.39, 0.29) is 0 Å². The minimum atomic E-state index is 0.380. The Morgan fingerprint density at radius 3 is 0.932 bits per heavy atom. The van der Waals surface area contributed by atoms with Gasteiger partial charge in [-0.1, -0.05) is 109 Å². The van der Waals surface area contributed by atoms with Crippen LogP contribution < -0.4 is 0 Å². The molecule has 0 aliphatic heterocycles. The number of aromatic nitrogens is 2. The summed E-state index contributed by atoms with van der Waals surface area (Å²) in [6.07, 6.45) is 0. The lowest BCUT2D eigenvalue weighted by Gasteiger charge is -2.19. The minimum absolute atomic E-state index is 0.380. The van der Waals surface area contributed by atoms with Crippen LogP contribution in [0.4, 0.5) is 0 Å². The van der Waals surface area contributed by atoms with Gasteiger partial charge in [-0.25, -0.2) is 0 Å². The van der Waals surface area contributed by atoms with E-state index in [1.54, 1.807) is 18.2 Å². The molecule has 0 amide bonds. The molecule has 10 aromatic carbocycles. The first-order chi connectivity index (χ1) is 36.4. The summed E-state index contributed by atoms with van der Waals surface area (Å²) in [5.41, 5.74) is 15.7. The molecule has 2 aromatic heterocycles. The summed E-state index contributed by atoms with van der Waals surface area (Å²) in [6.45, 7) is 0. The standard InChI is InChI=1S/C66H34N8/c67-35-41-10-9-15-42(28-41)56-34-65(73-61-24-20-43(52-16-5-1-11-47(52)36-68)29-57(61)58-30-44(21-25-62(58)73)53-17-6-2-12-48(53)37-69)51(40-72)33-66(56)74-63-26-22-45(54-18-7-3-13-49(54)38-70)31-59(63)60-32-46(23-27-64(60)74)55-19-8-4-14-50(55)39-71/h1-34H. The Balaban J connectivity index is 1.17. The Kier molecular flexibility index (Phi) is 10.7. The Morgan fingerprint density at radius 2 is 0.581 bits per heavy atom. The average Bonchev–Trinajstić information content (AvgIpc) is 3.98. The molecule has 0 unspecified atom stereocenters. The summed E-state index contributed by atoms with van der Waals surface area (Å²) in [7, 11) is 0. The van der Waals surface area contributed by atoms with Crippen LogP contribution in [0.2, 0.25) is 0 Å². The average molecular weight is 939 g/mol. The van der Waals surface area contributed by atoms with Gasteiger partial charge in [0.05, 0.1) is 97.2 Å². The van der Waals surface area contributed by atoms with Crippen LogP contribution in [-0.2, 0) is 0 Å². The first kappa shape index (κ1) is 44.0. The number of hydrogen-bond donors (Lipinski definition) is 0. The van der Waals surface area contributed by atoms with Gasteiger partial charge >= 0.3 is 0 Å². The number of nitriles is 6. The number of benzene rings is 10. The highest BCUT2D eigenvalue weighted by atomic mass is 15.0. The fraction of sp³-hybridized carbons (Fsp3) is 0. The highest BCUT2D eigenvalue weighted by molar-refractivity contribution is 6.14. The molecule has 0 atom stereocenters. The molecule has 0 N–H and O–H groups in total. The van der Waals surface area contributed by atoms with E-state index in [1.807, 2.05) is 164 Å². The fourth-order valence-electron chi connectivity index (χ4n) is 10.6. The van der Waals surface area contributed by atoms with Crippen molar-refractivity contribution in [3.63, 3.8) is 0 Å². The van der Waals surface area contributed by atoms with Gasteiger partial charge in [-0.05, 0) is 147 Å². The summed E-state index contributed by atoms with van der Waals surface area (Å²) < 4.78 is 4.27. The second-order valence-electron chi connectivity index (χ2n) is 17.9. The van der Waals surface area contributed by atoms with Gasteiger partial charge in [0.25, 0.3) is 0 Å². The monoisotopic (exact) mass is 938 g/mol. The third-order valence-electron chi connectivity index (χ3n) is 14.0. The van der Waals surface area contributed by atoms with Crippen molar-refractivity contribution in [3.8, 4) is 103 Å². The topological polar surface area (TPSA) is 153 Å². The smallest absolute Gasteiger partial charge is 0.101 e. The molecule has 12 rings (SSSR count). The van der Waals surface area contributed by atoms with Crippen molar-refractivity contribution in [3.05, 3.63) is 240 Å². The number of fused-ring (bicyclic) bond motifs is 6. The Labute approximate surface area is 425 Å². The van der Waals surface area contributed by atoms with E-state index in [0.29, 0.717) is 44.8 Å². The Morgan fingerprint density at radius 1 is 0.243 bits per heavy atom. The van der Waals surface area contributed by atoms with Gasteiger partial charge in [0.15, 0.2) is 0 Å². The van der Waals surface area contributed by atoms with Gasteiger partial charge in [0, 0.05) is 27.1 Å². The Bertz CT molecular complexity index is 4410. The van der Waals surface area contributed by atoms with Crippen molar-refractivity contribution in [2.75, 3.05) is 0 Å². The zero-order chi connectivity index (χ0) is 50.5. The van der Waals surface area contributed by atoms with Gasteiger partial charge in [-0.15, -0.1) is 0 Å². The van der Waals surface area contributed by atoms with Crippen LogP contribution in [0.5, 0.6) is 0 Å². The predicted octanol–water partition coefficient (Wildman–Crippen LogP) is 15.4. The molecule has 0 radical (unpaired) electrons. The molecule has 0 fully saturated rings. The fourth-order valence-corrected chi connectivity index (χ4v) is 10.6. The van der Waals surface area contributed by atoms with E-state index in [4.69, 9.17) is 0 Å². The normalized spacial score (nSPS) is 10.9. The molecule has 2 heterocycles. The SMILES string of the molecule is N#Cc1cccc(-c2cc(-n3c4ccc(-c5ccccc5C#N)cc4c4cc(-c5ccccc5C#N)ccc43)c(C#N)cc2-n2c3ccc(-c4ccccc4C#N)cc3c3cc(-c4ccccc4C#N)ccc32)c1. The van der Waals surface area contributed by atoms with Gasteiger partial charge in [-0.2, -0.15) is 31.6 Å². The van der Waals surface area contributed by atoms with E-state index in [9.17, 15) is 31.6 Å². The van der Waals surface area contributed by atoms with Crippen LogP contribution in [0, 0.1) is 68.0 Å². The summed E-state index contributed by atoms with van der Waals surface area (Å²) >= 11 is 0. The summed E-state index contributed by atoms with van der Waals surface area (Å²) in [5, 5.41) is 65.9. The third kappa shape index (κ3) is 7.10. The first-order valence-electron chi connectivity index (χ1n) is 23.7. The number of hydrogen-bond acceptors (Lipinski definition) is 6. The summed E-state index contributed by atoms with van der Waals surface area (Å²) in [5.74, 6) is 0. The molecule has 338 valence electrons. The number of nitrogens with zero attached hydrogens (tertiary/aromatic N) is 8. The first-order valence-corrected chi connectivity index (χ1v) is 23.7. The molecule has 8 heteroatoms. The van der Waals surface area contributed by atoms with Crippen LogP contribution in [0.25, 0.3) is 111 Å². The largest absolute Gasteiger partial charge is 0.309 e. The highest BCUT2D eigenvalue weighted by Crippen LogP contribution is 2.44.